The first-order chi connectivity index (χ1) is 27.9. The van der Waals surface area contributed by atoms with E-state index in [2.05, 4.69) is 10.3 Å². The van der Waals surface area contributed by atoms with Crippen molar-refractivity contribution in [1.82, 2.24) is 9.88 Å². The number of pyridine rings is 1. The number of hydrogen-bond donors (Lipinski definition) is 3. The molecule has 12 nitrogen and oxygen atoms in total. The molecule has 0 radical (unpaired) electrons. The molecular formula is C46H52FN3O9. The summed E-state index contributed by atoms with van der Waals surface area (Å²) in [6.07, 6.45) is 6.57. The fraction of sp³-hybridized carbons (Fsp3) is 0.478. The van der Waals surface area contributed by atoms with Gasteiger partial charge >= 0.3 is 11.9 Å². The summed E-state index contributed by atoms with van der Waals surface area (Å²) in [5, 5.41) is 28.6. The predicted octanol–water partition coefficient (Wildman–Crippen LogP) is 5.76. The van der Waals surface area contributed by atoms with Crippen LogP contribution in [0.5, 0.6) is 0 Å². The van der Waals surface area contributed by atoms with Crippen LogP contribution in [0.2, 0.25) is 0 Å². The minimum atomic E-state index is -2.11. The largest absolute Gasteiger partial charge is 0.461 e. The third-order valence-electron chi connectivity index (χ3n) is 13.9. The molecule has 1 aromatic heterocycles. The summed E-state index contributed by atoms with van der Waals surface area (Å²) in [5.41, 5.74) is -3.82. The second kappa shape index (κ2) is 15.8. The molecule has 3 N–H and O–H groups in total. The lowest BCUT2D eigenvalue weighted by atomic mass is 9.44. The van der Waals surface area contributed by atoms with E-state index in [-0.39, 0.29) is 37.6 Å². The highest BCUT2D eigenvalue weighted by atomic mass is 19.1. The summed E-state index contributed by atoms with van der Waals surface area (Å²) >= 11 is 0. The van der Waals surface area contributed by atoms with Crippen molar-refractivity contribution in [3.05, 3.63) is 95.9 Å². The standard InChI is InChI=1S/C46H52FN3O9/c1-27-20-36-35-13-11-32-22-34(51)16-18-43(32,2)45(35,47)37(52)23-44(36,3)46(27,57)38(53)26-59-40(55)15-14-39(54)58-25-28-6-8-29(9-7-28)41(50(4)5)42(56)49-33-12-10-31-24-48-19-17-30(31)21-33/h6-10,12,16-19,21-22,24,27,35-37,41,52,57H,11,13-15,20,23,25-26H2,1-5H3,(H,49,56)/t27-,35+,36+,37+,41?,43+,44+,45+,46+/m1/s1. The van der Waals surface area contributed by atoms with Gasteiger partial charge in [-0.25, -0.2) is 4.39 Å². The number of nitrogens with one attached hydrogen (secondary N) is 1. The summed E-state index contributed by atoms with van der Waals surface area (Å²) in [6, 6.07) is 14.0. The number of fused-ring (bicyclic) bond motifs is 6. The Morgan fingerprint density at radius 2 is 1.71 bits per heavy atom. The second-order valence-corrected chi connectivity index (χ2v) is 17.4. The minimum absolute atomic E-state index is 0.0692. The molecule has 0 bridgehead atoms. The number of anilines is 1. The van der Waals surface area contributed by atoms with E-state index in [4.69, 9.17) is 9.47 Å². The van der Waals surface area contributed by atoms with Crippen LogP contribution in [0.15, 0.2) is 84.7 Å². The average molecular weight is 810 g/mol. The van der Waals surface area contributed by atoms with Gasteiger partial charge in [0.15, 0.2) is 18.1 Å². The number of hydrogen-bond acceptors (Lipinski definition) is 11. The first-order valence-electron chi connectivity index (χ1n) is 20.2. The molecule has 9 atom stereocenters. The van der Waals surface area contributed by atoms with E-state index < -0.39 is 76.3 Å². The number of Topliss-reactive ketones (excluding diaryl/α,β-unsaturated/α-hetero) is 1. The summed E-state index contributed by atoms with van der Waals surface area (Å²) in [7, 11) is 3.61. The Balaban J connectivity index is 0.898. The van der Waals surface area contributed by atoms with E-state index in [1.165, 1.54) is 12.2 Å². The maximum Gasteiger partial charge on any atom is 0.306 e. The van der Waals surface area contributed by atoms with Crippen LogP contribution >= 0.6 is 0 Å². The van der Waals surface area contributed by atoms with Crippen molar-refractivity contribution >= 4 is 45.9 Å². The molecule has 59 heavy (non-hydrogen) atoms. The molecule has 2 aromatic carbocycles. The second-order valence-electron chi connectivity index (χ2n) is 17.4. The average Bonchev–Trinajstić information content (AvgIpc) is 3.40. The number of nitrogens with zero attached hydrogens (tertiary/aromatic N) is 2. The van der Waals surface area contributed by atoms with Crippen molar-refractivity contribution in [2.45, 2.75) is 89.3 Å². The molecule has 7 rings (SSSR count). The van der Waals surface area contributed by atoms with Crippen molar-refractivity contribution < 1.29 is 48.0 Å². The van der Waals surface area contributed by atoms with E-state index >= 15 is 4.39 Å². The Labute approximate surface area is 342 Å². The molecule has 3 aromatic rings. The van der Waals surface area contributed by atoms with Crippen LogP contribution in [-0.4, -0.2) is 87.6 Å². The third kappa shape index (κ3) is 7.20. The third-order valence-corrected chi connectivity index (χ3v) is 13.9. The van der Waals surface area contributed by atoms with Gasteiger partial charge < -0.3 is 25.0 Å². The lowest BCUT2D eigenvalue weighted by Gasteiger charge is -2.62. The molecule has 1 heterocycles. The number of likely N-dealkylation sites (N-methyl/N-ethyl adjacent to an activating group) is 1. The zero-order valence-electron chi connectivity index (χ0n) is 34.1. The van der Waals surface area contributed by atoms with Gasteiger partial charge in [0.2, 0.25) is 11.7 Å². The maximum atomic E-state index is 17.5. The minimum Gasteiger partial charge on any atom is -0.461 e. The molecule has 13 heteroatoms. The smallest absolute Gasteiger partial charge is 0.306 e. The molecule has 4 aliphatic rings. The van der Waals surface area contributed by atoms with E-state index in [9.17, 15) is 34.2 Å². The lowest BCUT2D eigenvalue weighted by Crippen LogP contribution is -2.69. The number of benzene rings is 2. The van der Waals surface area contributed by atoms with Gasteiger partial charge in [-0.15, -0.1) is 0 Å². The number of amides is 1. The highest BCUT2D eigenvalue weighted by Gasteiger charge is 2.75. The predicted molar refractivity (Wildman–Crippen MR) is 216 cm³/mol. The van der Waals surface area contributed by atoms with Gasteiger partial charge in [-0.05, 0) is 105 Å². The molecule has 1 amide bonds. The number of rotatable bonds is 12. The van der Waals surface area contributed by atoms with Gasteiger partial charge in [0.25, 0.3) is 0 Å². The van der Waals surface area contributed by atoms with Crippen LogP contribution in [0.3, 0.4) is 0 Å². The number of aliphatic hydroxyl groups excluding tert-OH is 1. The van der Waals surface area contributed by atoms with Gasteiger partial charge in [-0.3, -0.25) is 33.9 Å². The van der Waals surface area contributed by atoms with Crippen LogP contribution in [0.4, 0.5) is 10.1 Å². The van der Waals surface area contributed by atoms with E-state index in [1.54, 1.807) is 68.4 Å². The first kappa shape index (κ1) is 42.0. The van der Waals surface area contributed by atoms with Crippen LogP contribution in [0.1, 0.15) is 76.5 Å². The van der Waals surface area contributed by atoms with Crippen molar-refractivity contribution in [3.8, 4) is 0 Å². The number of esters is 2. The number of halogens is 1. The zero-order chi connectivity index (χ0) is 42.5. The number of carbonyl (C=O) groups is 5. The van der Waals surface area contributed by atoms with Crippen LogP contribution in [-0.2, 0) is 40.1 Å². The van der Waals surface area contributed by atoms with Gasteiger partial charge in [-0.1, -0.05) is 55.8 Å². The number of ketones is 2. The fourth-order valence-electron chi connectivity index (χ4n) is 10.8. The zero-order valence-corrected chi connectivity index (χ0v) is 34.1. The SMILES string of the molecule is C[C@@H]1C[C@H]2[C@@H]3CCC4=CC(=O)C=C[C@]4(C)[C@@]3(F)[C@@H](O)C[C@]2(C)[C@@]1(O)C(=O)COC(=O)CCC(=O)OCc1ccc(C(C(=O)Nc2ccc3cnccc3c2)N(C)C)cc1. The molecule has 0 saturated heterocycles. The van der Waals surface area contributed by atoms with Crippen LogP contribution in [0.25, 0.3) is 10.8 Å². The Hall–Kier alpha value is -5.11. The quantitative estimate of drug-likeness (QED) is 0.190. The Morgan fingerprint density at radius 1 is 1.00 bits per heavy atom. The van der Waals surface area contributed by atoms with Gasteiger partial charge in [0.1, 0.15) is 18.2 Å². The number of aliphatic hydroxyl groups is 2. The Kier molecular flexibility index (Phi) is 11.3. The van der Waals surface area contributed by atoms with Gasteiger partial charge in [0, 0.05) is 40.2 Å². The number of carbonyl (C=O) groups excluding carboxylic acids is 5. The van der Waals surface area contributed by atoms with Crippen LogP contribution < -0.4 is 5.32 Å². The van der Waals surface area contributed by atoms with E-state index in [0.717, 1.165) is 16.3 Å². The number of aromatic nitrogens is 1. The first-order valence-corrected chi connectivity index (χ1v) is 20.2. The summed E-state index contributed by atoms with van der Waals surface area (Å²) in [4.78, 5) is 70.5. The molecule has 0 spiro atoms. The summed E-state index contributed by atoms with van der Waals surface area (Å²) in [5.74, 6) is -4.41. The van der Waals surface area contributed by atoms with Crippen molar-refractivity contribution in [1.29, 1.82) is 0 Å². The molecule has 0 aliphatic heterocycles. The van der Waals surface area contributed by atoms with Gasteiger partial charge in [-0.2, -0.15) is 0 Å². The normalized spacial score (nSPS) is 31.4. The highest BCUT2D eigenvalue weighted by molar-refractivity contribution is 6.01. The van der Waals surface area contributed by atoms with Gasteiger partial charge in [0.05, 0.1) is 18.9 Å². The van der Waals surface area contributed by atoms with E-state index in [0.29, 0.717) is 36.1 Å². The number of alkyl halides is 1. The number of ether oxygens (including phenoxy) is 2. The van der Waals surface area contributed by atoms with Crippen LogP contribution in [0, 0.1) is 28.6 Å². The molecule has 3 fully saturated rings. The van der Waals surface area contributed by atoms with Crippen molar-refractivity contribution in [2.24, 2.45) is 28.6 Å². The maximum absolute atomic E-state index is 17.5. The molecule has 312 valence electrons. The summed E-state index contributed by atoms with van der Waals surface area (Å²) < 4.78 is 28.1. The lowest BCUT2D eigenvalue weighted by molar-refractivity contribution is -0.220. The highest BCUT2D eigenvalue weighted by Crippen LogP contribution is 2.70. The Bertz CT molecular complexity index is 2240. The van der Waals surface area contributed by atoms with Crippen molar-refractivity contribution in [3.63, 3.8) is 0 Å². The van der Waals surface area contributed by atoms with E-state index in [1.807, 2.05) is 38.4 Å². The molecule has 4 aliphatic carbocycles. The molecular weight excluding hydrogens is 758 g/mol. The summed E-state index contributed by atoms with van der Waals surface area (Å²) in [6.45, 7) is 4.33. The topological polar surface area (TPSA) is 172 Å². The van der Waals surface area contributed by atoms with Crippen molar-refractivity contribution in [2.75, 3.05) is 26.0 Å². The fourth-order valence-corrected chi connectivity index (χ4v) is 10.8. The monoisotopic (exact) mass is 809 g/mol. The Morgan fingerprint density at radius 3 is 2.42 bits per heavy atom. The molecule has 1 unspecified atom stereocenters. The number of allylic oxidation sites excluding steroid dienone is 4. The molecule has 3 saturated carbocycles.